The van der Waals surface area contributed by atoms with Gasteiger partial charge in [0.1, 0.15) is 23.0 Å². The number of fused-ring (bicyclic) bond motifs is 1. The van der Waals surface area contributed by atoms with E-state index in [0.717, 1.165) is 0 Å². The van der Waals surface area contributed by atoms with E-state index in [1.165, 1.54) is 0 Å². The maximum Gasteiger partial charge on any atom is 0.254 e. The summed E-state index contributed by atoms with van der Waals surface area (Å²) in [5, 5.41) is 2.91. The van der Waals surface area contributed by atoms with Gasteiger partial charge in [-0.1, -0.05) is 6.07 Å². The van der Waals surface area contributed by atoms with Crippen molar-refractivity contribution in [2.75, 3.05) is 5.32 Å². The average Bonchev–Trinajstić information content (AvgIpc) is 3.29. The predicted octanol–water partition coefficient (Wildman–Crippen LogP) is 2.87. The third-order valence-corrected chi connectivity index (χ3v) is 4.49. The number of carbonyl (C=O) groups excluding carboxylic acids is 1. The largest absolute Gasteiger partial charge is 0.463 e. The van der Waals surface area contributed by atoms with Gasteiger partial charge in [0, 0.05) is 23.9 Å². The van der Waals surface area contributed by atoms with Gasteiger partial charge in [0.2, 0.25) is 5.91 Å². The predicted molar refractivity (Wildman–Crippen MR) is 104 cm³/mol. The van der Waals surface area contributed by atoms with Gasteiger partial charge in [-0.05, 0) is 44.5 Å². The molecule has 0 fully saturated rings. The van der Waals surface area contributed by atoms with E-state index < -0.39 is 0 Å². The van der Waals surface area contributed by atoms with Crippen LogP contribution in [0.25, 0.3) is 17.1 Å². The second-order valence-electron chi connectivity index (χ2n) is 6.48. The number of pyridine rings is 1. The fraction of sp³-hybridized carbons (Fsp3) is 0.200. The van der Waals surface area contributed by atoms with Crippen molar-refractivity contribution in [2.24, 2.45) is 0 Å². The molecule has 0 saturated heterocycles. The number of hydrogen-bond acceptors (Lipinski definition) is 5. The number of H-pyrrole nitrogens is 1. The number of hydrogen-bond donors (Lipinski definition) is 2. The van der Waals surface area contributed by atoms with Gasteiger partial charge in [0.25, 0.3) is 5.56 Å². The third-order valence-electron chi connectivity index (χ3n) is 4.49. The maximum absolute atomic E-state index is 12.6. The van der Waals surface area contributed by atoms with Crippen molar-refractivity contribution in [1.82, 2.24) is 19.4 Å². The highest BCUT2D eigenvalue weighted by Gasteiger charge is 2.18. The summed E-state index contributed by atoms with van der Waals surface area (Å²) in [5.41, 5.74) is 2.20. The lowest BCUT2D eigenvalue weighted by atomic mass is 10.1. The number of aryl methyl sites for hydroxylation is 2. The molecule has 4 heterocycles. The van der Waals surface area contributed by atoms with Crippen LogP contribution in [0.5, 0.6) is 0 Å². The molecule has 0 aliphatic heterocycles. The zero-order valence-electron chi connectivity index (χ0n) is 15.5. The first-order valence-corrected chi connectivity index (χ1v) is 8.90. The van der Waals surface area contributed by atoms with Crippen molar-refractivity contribution in [3.63, 3.8) is 0 Å². The summed E-state index contributed by atoms with van der Waals surface area (Å²) < 4.78 is 7.26. The number of rotatable bonds is 5. The molecule has 0 bridgehead atoms. The molecule has 4 aromatic rings. The first-order chi connectivity index (χ1) is 13.5. The van der Waals surface area contributed by atoms with E-state index in [2.05, 4.69) is 20.3 Å². The lowest BCUT2D eigenvalue weighted by molar-refractivity contribution is -0.116. The Balaban J connectivity index is 1.59. The van der Waals surface area contributed by atoms with Crippen molar-refractivity contribution in [3.8, 4) is 11.5 Å². The van der Waals surface area contributed by atoms with Gasteiger partial charge in [-0.3, -0.25) is 14.0 Å². The Labute approximate surface area is 160 Å². The Morgan fingerprint density at radius 3 is 2.82 bits per heavy atom. The van der Waals surface area contributed by atoms with Gasteiger partial charge in [0.15, 0.2) is 5.76 Å². The zero-order chi connectivity index (χ0) is 19.7. The van der Waals surface area contributed by atoms with E-state index in [0.29, 0.717) is 46.4 Å². The molecule has 4 aromatic heterocycles. The monoisotopic (exact) mass is 377 g/mol. The minimum atomic E-state index is -0.224. The Morgan fingerprint density at radius 1 is 1.21 bits per heavy atom. The second kappa shape index (κ2) is 7.15. The van der Waals surface area contributed by atoms with Crippen molar-refractivity contribution in [1.29, 1.82) is 0 Å². The molecule has 142 valence electrons. The minimum absolute atomic E-state index is 0.145. The fourth-order valence-electron chi connectivity index (χ4n) is 3.18. The SMILES string of the molecule is Cc1nc(C)c(CCC(=O)Nc2c(-c3ccco3)nc3ccccn23)c(=O)[nH]1. The van der Waals surface area contributed by atoms with Crippen LogP contribution in [0, 0.1) is 13.8 Å². The molecule has 8 nitrogen and oxygen atoms in total. The van der Waals surface area contributed by atoms with Crippen LogP contribution in [0.1, 0.15) is 23.5 Å². The highest BCUT2D eigenvalue weighted by atomic mass is 16.3. The number of nitrogens with zero attached hydrogens (tertiary/aromatic N) is 3. The zero-order valence-corrected chi connectivity index (χ0v) is 15.5. The summed E-state index contributed by atoms with van der Waals surface area (Å²) in [5.74, 6) is 1.43. The fourth-order valence-corrected chi connectivity index (χ4v) is 3.18. The number of furan rings is 1. The van der Waals surface area contributed by atoms with Crippen molar-refractivity contribution in [3.05, 3.63) is 70.2 Å². The van der Waals surface area contributed by atoms with E-state index in [1.807, 2.05) is 24.4 Å². The molecule has 0 aliphatic carbocycles. The molecule has 0 aromatic carbocycles. The first kappa shape index (κ1) is 17.7. The Bertz CT molecular complexity index is 1200. The molecule has 1 amide bonds. The van der Waals surface area contributed by atoms with Crippen LogP contribution in [0.15, 0.2) is 52.0 Å². The Hall–Kier alpha value is -3.68. The molecule has 2 N–H and O–H groups in total. The molecule has 8 heteroatoms. The van der Waals surface area contributed by atoms with Crippen LogP contribution in [0.4, 0.5) is 5.82 Å². The second-order valence-corrected chi connectivity index (χ2v) is 6.48. The lowest BCUT2D eigenvalue weighted by Crippen LogP contribution is -2.21. The van der Waals surface area contributed by atoms with Gasteiger partial charge < -0.3 is 14.7 Å². The van der Waals surface area contributed by atoms with E-state index in [4.69, 9.17) is 4.42 Å². The Kier molecular flexibility index (Phi) is 4.52. The average molecular weight is 377 g/mol. The summed E-state index contributed by atoms with van der Waals surface area (Å²) in [4.78, 5) is 36.2. The van der Waals surface area contributed by atoms with Gasteiger partial charge in [-0.25, -0.2) is 9.97 Å². The number of carbonyl (C=O) groups is 1. The molecule has 0 saturated carbocycles. The Morgan fingerprint density at radius 2 is 2.07 bits per heavy atom. The van der Waals surface area contributed by atoms with Crippen molar-refractivity contribution in [2.45, 2.75) is 26.7 Å². The quantitative estimate of drug-likeness (QED) is 0.556. The van der Waals surface area contributed by atoms with Gasteiger partial charge >= 0.3 is 0 Å². The number of aromatic amines is 1. The number of aromatic nitrogens is 4. The van der Waals surface area contributed by atoms with Crippen molar-refractivity contribution < 1.29 is 9.21 Å². The first-order valence-electron chi connectivity index (χ1n) is 8.90. The molecular weight excluding hydrogens is 358 g/mol. The molecule has 0 unspecified atom stereocenters. The van der Waals surface area contributed by atoms with Gasteiger partial charge in [0.05, 0.1) is 6.26 Å². The van der Waals surface area contributed by atoms with Crippen LogP contribution in [0.3, 0.4) is 0 Å². The van der Waals surface area contributed by atoms with E-state index in [-0.39, 0.29) is 17.9 Å². The molecule has 0 atom stereocenters. The van der Waals surface area contributed by atoms with Gasteiger partial charge in [-0.2, -0.15) is 0 Å². The number of amides is 1. The summed E-state index contributed by atoms with van der Waals surface area (Å²) in [6, 6.07) is 9.14. The highest BCUT2D eigenvalue weighted by Crippen LogP contribution is 2.29. The summed E-state index contributed by atoms with van der Waals surface area (Å²) >= 11 is 0. The van der Waals surface area contributed by atoms with E-state index >= 15 is 0 Å². The smallest absolute Gasteiger partial charge is 0.254 e. The number of anilines is 1. The van der Waals surface area contributed by atoms with Crippen molar-refractivity contribution >= 4 is 17.4 Å². The molecule has 0 radical (unpaired) electrons. The maximum atomic E-state index is 12.6. The van der Waals surface area contributed by atoms with Crippen LogP contribution in [-0.4, -0.2) is 25.3 Å². The minimum Gasteiger partial charge on any atom is -0.463 e. The van der Waals surface area contributed by atoms with Gasteiger partial charge in [-0.15, -0.1) is 0 Å². The normalized spacial score (nSPS) is 11.1. The molecule has 4 rings (SSSR count). The number of nitrogens with one attached hydrogen (secondary N) is 2. The molecule has 0 spiro atoms. The van der Waals surface area contributed by atoms with Crippen LogP contribution in [0.2, 0.25) is 0 Å². The van der Waals surface area contributed by atoms with Crippen LogP contribution >= 0.6 is 0 Å². The molecular formula is C20H19N5O3. The summed E-state index contributed by atoms with van der Waals surface area (Å²) in [7, 11) is 0. The summed E-state index contributed by atoms with van der Waals surface area (Å²) in [6.45, 7) is 3.50. The molecule has 0 aliphatic rings. The van der Waals surface area contributed by atoms with Crippen LogP contribution < -0.4 is 10.9 Å². The lowest BCUT2D eigenvalue weighted by Gasteiger charge is -2.08. The number of imidazole rings is 1. The highest BCUT2D eigenvalue weighted by molar-refractivity contribution is 5.94. The summed E-state index contributed by atoms with van der Waals surface area (Å²) in [6.07, 6.45) is 3.83. The van der Waals surface area contributed by atoms with Crippen LogP contribution in [-0.2, 0) is 11.2 Å². The third kappa shape index (κ3) is 3.32. The van der Waals surface area contributed by atoms with E-state index in [1.54, 1.807) is 36.6 Å². The topological polar surface area (TPSA) is 105 Å². The molecule has 28 heavy (non-hydrogen) atoms. The van der Waals surface area contributed by atoms with E-state index in [9.17, 15) is 9.59 Å². The standard InChI is InChI=1S/C20H19N5O3/c1-12-14(20(27)22-13(2)21-12)8-9-17(26)24-19-18(15-6-5-11-28-15)23-16-7-3-4-10-25(16)19/h3-7,10-11H,8-9H2,1-2H3,(H,24,26)(H,21,22,27).